The quantitative estimate of drug-likeness (QED) is 0.265. The first-order chi connectivity index (χ1) is 17.1. The normalized spacial score (nSPS) is 17.1. The molecule has 1 N–H and O–H groups in total. The molecule has 2 aromatic carbocycles. The van der Waals surface area contributed by atoms with E-state index in [2.05, 4.69) is 0 Å². The molecule has 1 unspecified atom stereocenters. The van der Waals surface area contributed by atoms with Crippen molar-refractivity contribution in [2.45, 2.75) is 19.4 Å². The van der Waals surface area contributed by atoms with Gasteiger partial charge in [0.15, 0.2) is 17.2 Å². The van der Waals surface area contributed by atoms with Crippen LogP contribution in [-0.2, 0) is 9.59 Å². The number of hydrogen-bond acceptors (Lipinski definition) is 7. The Morgan fingerprint density at radius 1 is 1.06 bits per heavy atom. The van der Waals surface area contributed by atoms with E-state index in [9.17, 15) is 14.7 Å². The van der Waals surface area contributed by atoms with Gasteiger partial charge in [-0.3, -0.25) is 9.59 Å². The number of hydrogen-bond donors (Lipinski definition) is 1. The monoisotopic (exact) mass is 536 g/mol. The van der Waals surface area contributed by atoms with Crippen LogP contribution in [0.1, 0.15) is 30.5 Å². The number of ketones is 1. The number of nitrogens with zero attached hydrogens (tertiary/aromatic N) is 2. The van der Waals surface area contributed by atoms with Gasteiger partial charge in [0, 0.05) is 12.1 Å². The van der Waals surface area contributed by atoms with Crippen LogP contribution in [0.25, 0.3) is 5.76 Å². The zero-order valence-electron chi connectivity index (χ0n) is 20.9. The number of carbonyl (C=O) groups excluding carboxylic acids is 2. The first-order valence-electron chi connectivity index (χ1n) is 11.4. The maximum atomic E-state index is 13.3. The third kappa shape index (κ3) is 5.56. The van der Waals surface area contributed by atoms with E-state index in [0.29, 0.717) is 43.2 Å². The highest BCUT2D eigenvalue weighted by atomic mass is 35.5. The Morgan fingerprint density at radius 2 is 1.72 bits per heavy atom. The van der Waals surface area contributed by atoms with Gasteiger partial charge in [-0.15, -0.1) is 0 Å². The van der Waals surface area contributed by atoms with Crippen LogP contribution in [-0.4, -0.2) is 74.6 Å². The summed E-state index contributed by atoms with van der Waals surface area (Å²) in [5.41, 5.74) is 0.722. The van der Waals surface area contributed by atoms with Crippen molar-refractivity contribution in [3.05, 3.63) is 57.1 Å². The predicted octanol–water partition coefficient (Wildman–Crippen LogP) is 4.78. The summed E-state index contributed by atoms with van der Waals surface area (Å²) < 4.78 is 16.3. The smallest absolute Gasteiger partial charge is 0.295 e. The second-order valence-corrected chi connectivity index (χ2v) is 9.28. The summed E-state index contributed by atoms with van der Waals surface area (Å²) in [6.07, 6.45) is 0.630. The van der Waals surface area contributed by atoms with Gasteiger partial charge in [-0.2, -0.15) is 0 Å². The summed E-state index contributed by atoms with van der Waals surface area (Å²) in [4.78, 5) is 29.9. The Hall–Kier alpha value is -2.94. The molecule has 1 saturated heterocycles. The van der Waals surface area contributed by atoms with Gasteiger partial charge in [-0.05, 0) is 63.8 Å². The minimum Gasteiger partial charge on any atom is -0.507 e. The highest BCUT2D eigenvalue weighted by Crippen LogP contribution is 2.43. The Morgan fingerprint density at radius 3 is 2.28 bits per heavy atom. The van der Waals surface area contributed by atoms with Crippen LogP contribution in [0.15, 0.2) is 35.9 Å². The van der Waals surface area contributed by atoms with Crippen molar-refractivity contribution in [2.75, 3.05) is 48.0 Å². The fraction of sp³-hybridized carbons (Fsp3) is 0.385. The maximum Gasteiger partial charge on any atom is 0.295 e. The van der Waals surface area contributed by atoms with E-state index < -0.39 is 17.7 Å². The van der Waals surface area contributed by atoms with E-state index in [1.165, 1.54) is 31.3 Å². The zero-order chi connectivity index (χ0) is 26.6. The molecule has 1 aliphatic heterocycles. The van der Waals surface area contributed by atoms with Gasteiger partial charge in [0.05, 0.1) is 42.5 Å². The summed E-state index contributed by atoms with van der Waals surface area (Å²) in [5.74, 6) is -0.650. The minimum atomic E-state index is -0.851. The molecule has 1 atom stereocenters. The second kappa shape index (κ2) is 11.9. The number of rotatable bonds is 10. The zero-order valence-corrected chi connectivity index (χ0v) is 22.4. The summed E-state index contributed by atoms with van der Waals surface area (Å²) in [6.45, 7) is 3.33. The molecule has 1 aliphatic rings. The van der Waals surface area contributed by atoms with Gasteiger partial charge in [0.1, 0.15) is 5.76 Å². The number of aliphatic hydroxyl groups excluding tert-OH is 1. The molecule has 0 radical (unpaired) electrons. The van der Waals surface area contributed by atoms with Gasteiger partial charge >= 0.3 is 0 Å². The summed E-state index contributed by atoms with van der Waals surface area (Å²) in [5, 5.41) is 11.6. The van der Waals surface area contributed by atoms with Crippen molar-refractivity contribution in [3.8, 4) is 17.2 Å². The lowest BCUT2D eigenvalue weighted by Crippen LogP contribution is -2.32. The van der Waals surface area contributed by atoms with E-state index in [1.54, 1.807) is 18.2 Å². The van der Waals surface area contributed by atoms with Crippen LogP contribution in [0.5, 0.6) is 17.2 Å². The standard InChI is InChI=1S/C26H30Cl2N2O6/c1-6-36-19-9-8-15(14-20(19)34-4)22-21(24(32)26(33)30(22)11-7-10-29(2)3)23(31)16-12-17(27)25(35-5)18(28)13-16/h8-9,12-14,22,31H,6-7,10-11H2,1-5H3/b23-21+. The molecule has 1 heterocycles. The third-order valence-electron chi connectivity index (χ3n) is 5.82. The van der Waals surface area contributed by atoms with Gasteiger partial charge in [-0.25, -0.2) is 0 Å². The van der Waals surface area contributed by atoms with Gasteiger partial charge in [-0.1, -0.05) is 29.3 Å². The third-order valence-corrected chi connectivity index (χ3v) is 6.38. The molecule has 0 aliphatic carbocycles. The Kier molecular flexibility index (Phi) is 9.11. The Labute approximate surface area is 220 Å². The Balaban J connectivity index is 2.18. The molecule has 10 heteroatoms. The number of benzene rings is 2. The fourth-order valence-corrected chi connectivity index (χ4v) is 4.83. The lowest BCUT2D eigenvalue weighted by Gasteiger charge is -2.26. The van der Waals surface area contributed by atoms with Crippen molar-refractivity contribution < 1.29 is 28.9 Å². The number of methoxy groups -OCH3 is 2. The SMILES string of the molecule is CCOc1ccc(C2/C(=C(\O)c3cc(Cl)c(OC)c(Cl)c3)C(=O)C(=O)N2CCCN(C)C)cc1OC. The molecule has 0 spiro atoms. The molecule has 0 bridgehead atoms. The van der Waals surface area contributed by atoms with E-state index in [4.69, 9.17) is 37.4 Å². The summed E-state index contributed by atoms with van der Waals surface area (Å²) in [6, 6.07) is 7.22. The van der Waals surface area contributed by atoms with Crippen molar-refractivity contribution >= 4 is 40.7 Å². The Bertz CT molecular complexity index is 1160. The van der Waals surface area contributed by atoms with Crippen LogP contribution in [0.3, 0.4) is 0 Å². The van der Waals surface area contributed by atoms with Crippen LogP contribution in [0.2, 0.25) is 10.0 Å². The lowest BCUT2D eigenvalue weighted by molar-refractivity contribution is -0.139. The van der Waals surface area contributed by atoms with Gasteiger partial charge in [0.2, 0.25) is 0 Å². The molecule has 3 rings (SSSR count). The van der Waals surface area contributed by atoms with Crippen molar-refractivity contribution in [1.82, 2.24) is 9.80 Å². The highest BCUT2D eigenvalue weighted by molar-refractivity contribution is 6.46. The van der Waals surface area contributed by atoms with Crippen molar-refractivity contribution in [1.29, 1.82) is 0 Å². The molecule has 194 valence electrons. The molecule has 0 aromatic heterocycles. The predicted molar refractivity (Wildman–Crippen MR) is 139 cm³/mol. The topological polar surface area (TPSA) is 88.5 Å². The molecular weight excluding hydrogens is 507 g/mol. The van der Waals surface area contributed by atoms with E-state index in [0.717, 1.165) is 0 Å². The second-order valence-electron chi connectivity index (χ2n) is 8.47. The van der Waals surface area contributed by atoms with Gasteiger partial charge in [0.25, 0.3) is 11.7 Å². The number of halogens is 2. The van der Waals surface area contributed by atoms with E-state index in [1.807, 2.05) is 25.9 Å². The van der Waals surface area contributed by atoms with E-state index >= 15 is 0 Å². The first-order valence-corrected chi connectivity index (χ1v) is 12.2. The summed E-state index contributed by atoms with van der Waals surface area (Å²) in [7, 11) is 6.79. The van der Waals surface area contributed by atoms with Gasteiger partial charge < -0.3 is 29.1 Å². The maximum absolute atomic E-state index is 13.3. The number of likely N-dealkylation sites (tertiary alicyclic amines) is 1. The molecule has 2 aromatic rings. The fourth-order valence-electron chi connectivity index (χ4n) is 4.19. The molecule has 8 nitrogen and oxygen atoms in total. The number of Topliss-reactive ketones (excluding diaryl/α,β-unsaturated/α-hetero) is 1. The minimum absolute atomic E-state index is 0.0617. The highest BCUT2D eigenvalue weighted by Gasteiger charge is 2.46. The van der Waals surface area contributed by atoms with Crippen LogP contribution >= 0.6 is 23.2 Å². The van der Waals surface area contributed by atoms with Crippen molar-refractivity contribution in [2.24, 2.45) is 0 Å². The number of aliphatic hydroxyl groups is 1. The molecule has 1 fully saturated rings. The van der Waals surface area contributed by atoms with Crippen LogP contribution in [0.4, 0.5) is 0 Å². The van der Waals surface area contributed by atoms with Crippen LogP contribution < -0.4 is 14.2 Å². The molecular formula is C26H30Cl2N2O6. The average molecular weight is 537 g/mol. The summed E-state index contributed by atoms with van der Waals surface area (Å²) >= 11 is 12.6. The number of ether oxygens (including phenoxy) is 3. The number of carbonyl (C=O) groups is 2. The average Bonchev–Trinajstić information content (AvgIpc) is 3.08. The first kappa shape index (κ1) is 27.6. The molecule has 1 amide bonds. The molecule has 36 heavy (non-hydrogen) atoms. The molecule has 0 saturated carbocycles. The largest absolute Gasteiger partial charge is 0.507 e. The van der Waals surface area contributed by atoms with Crippen molar-refractivity contribution in [3.63, 3.8) is 0 Å². The van der Waals surface area contributed by atoms with Crippen LogP contribution in [0, 0.1) is 0 Å². The lowest BCUT2D eigenvalue weighted by atomic mass is 9.95. The van der Waals surface area contributed by atoms with E-state index in [-0.39, 0.29) is 32.7 Å². The number of amides is 1.